The smallest absolute Gasteiger partial charge is 0.159 e. The highest BCUT2D eigenvalue weighted by Gasteiger charge is 2.11. The molecule has 0 aliphatic rings. The molecule has 0 aliphatic heterocycles. The highest BCUT2D eigenvalue weighted by molar-refractivity contribution is 5.27. The molecule has 0 saturated heterocycles. The Hall–Kier alpha value is -1.81. The Balaban J connectivity index is 2.06. The van der Waals surface area contributed by atoms with Gasteiger partial charge in [0, 0.05) is 0 Å². The fourth-order valence-electron chi connectivity index (χ4n) is 2.12. The van der Waals surface area contributed by atoms with Gasteiger partial charge < -0.3 is 5.11 Å². The molecule has 0 saturated carbocycles. The highest BCUT2D eigenvalue weighted by atomic mass is 19.2. The number of aliphatic hydroxyl groups excluding tert-OH is 1. The van der Waals surface area contributed by atoms with E-state index in [0.717, 1.165) is 17.7 Å². The van der Waals surface area contributed by atoms with Gasteiger partial charge in [0.2, 0.25) is 0 Å². The minimum Gasteiger partial charge on any atom is -0.392 e. The lowest BCUT2D eigenvalue weighted by molar-refractivity contribution is 0.175. The van der Waals surface area contributed by atoms with Crippen LogP contribution in [-0.4, -0.2) is 11.2 Å². The van der Waals surface area contributed by atoms with E-state index in [-0.39, 0.29) is 18.7 Å². The third kappa shape index (κ3) is 3.61. The van der Waals surface area contributed by atoms with Gasteiger partial charge in [0.1, 0.15) is 5.82 Å². The van der Waals surface area contributed by atoms with Gasteiger partial charge in [-0.1, -0.05) is 12.1 Å². The number of rotatable bonds is 4. The van der Waals surface area contributed by atoms with Gasteiger partial charge in [-0.2, -0.15) is 0 Å². The Kier molecular flexibility index (Phi) is 4.45. The molecule has 2 aromatic rings. The van der Waals surface area contributed by atoms with Crippen molar-refractivity contribution in [2.24, 2.45) is 0 Å². The van der Waals surface area contributed by atoms with Gasteiger partial charge in [0.15, 0.2) is 11.6 Å². The summed E-state index contributed by atoms with van der Waals surface area (Å²) in [5.41, 5.74) is 2.10. The normalized spacial score (nSPS) is 12.4. The zero-order chi connectivity index (χ0) is 14.7. The van der Waals surface area contributed by atoms with Crippen molar-refractivity contribution in [1.29, 1.82) is 0 Å². The van der Waals surface area contributed by atoms with E-state index in [0.29, 0.717) is 11.1 Å². The van der Waals surface area contributed by atoms with Gasteiger partial charge in [0.05, 0.1) is 6.10 Å². The van der Waals surface area contributed by atoms with Crippen LogP contribution in [0.2, 0.25) is 0 Å². The molecule has 2 rings (SSSR count). The van der Waals surface area contributed by atoms with Crippen LogP contribution in [0.4, 0.5) is 13.2 Å². The first-order valence-corrected chi connectivity index (χ1v) is 6.32. The van der Waals surface area contributed by atoms with Crippen molar-refractivity contribution in [3.8, 4) is 0 Å². The number of aliphatic hydroxyl groups is 1. The van der Waals surface area contributed by atoms with Crippen LogP contribution in [-0.2, 0) is 12.8 Å². The zero-order valence-electron chi connectivity index (χ0n) is 11.0. The average Bonchev–Trinajstić information content (AvgIpc) is 2.38. The molecule has 1 atom stereocenters. The van der Waals surface area contributed by atoms with Crippen LogP contribution >= 0.6 is 0 Å². The molecule has 0 radical (unpaired) electrons. The van der Waals surface area contributed by atoms with Crippen LogP contribution in [0.3, 0.4) is 0 Å². The molecule has 1 unspecified atom stereocenters. The minimum absolute atomic E-state index is 0.188. The van der Waals surface area contributed by atoms with E-state index in [9.17, 15) is 18.3 Å². The van der Waals surface area contributed by atoms with Crippen LogP contribution in [0.15, 0.2) is 36.4 Å². The average molecular weight is 280 g/mol. The Morgan fingerprint density at radius 1 is 0.950 bits per heavy atom. The summed E-state index contributed by atoms with van der Waals surface area (Å²) in [7, 11) is 0. The quantitative estimate of drug-likeness (QED) is 0.908. The SMILES string of the molecule is Cc1ccc(F)cc1CC(O)Cc1ccc(F)c(F)c1. The Bertz CT molecular complexity index is 611. The number of hydrogen-bond acceptors (Lipinski definition) is 1. The fourth-order valence-corrected chi connectivity index (χ4v) is 2.12. The van der Waals surface area contributed by atoms with Crippen molar-refractivity contribution >= 4 is 0 Å². The van der Waals surface area contributed by atoms with Crippen LogP contribution < -0.4 is 0 Å². The first kappa shape index (κ1) is 14.6. The van der Waals surface area contributed by atoms with E-state index in [4.69, 9.17) is 0 Å². The number of aryl methyl sites for hydroxylation is 1. The molecule has 1 N–H and O–H groups in total. The molecule has 4 heteroatoms. The summed E-state index contributed by atoms with van der Waals surface area (Å²) in [5.74, 6) is -2.20. The number of hydrogen-bond donors (Lipinski definition) is 1. The lowest BCUT2D eigenvalue weighted by atomic mass is 9.98. The summed E-state index contributed by atoms with van der Waals surface area (Å²) in [5, 5.41) is 9.99. The summed E-state index contributed by atoms with van der Waals surface area (Å²) >= 11 is 0. The second-order valence-corrected chi connectivity index (χ2v) is 4.88. The molecule has 0 amide bonds. The van der Waals surface area contributed by atoms with E-state index in [1.54, 1.807) is 6.07 Å². The molecule has 0 spiro atoms. The monoisotopic (exact) mass is 280 g/mol. The maximum atomic E-state index is 13.1. The van der Waals surface area contributed by atoms with Crippen molar-refractivity contribution in [1.82, 2.24) is 0 Å². The fraction of sp³-hybridized carbons (Fsp3) is 0.250. The van der Waals surface area contributed by atoms with Gasteiger partial charge >= 0.3 is 0 Å². The molecule has 0 heterocycles. The molecule has 1 nitrogen and oxygen atoms in total. The Labute approximate surface area is 115 Å². The van der Waals surface area contributed by atoms with Gasteiger partial charge in [-0.25, -0.2) is 13.2 Å². The minimum atomic E-state index is -0.934. The van der Waals surface area contributed by atoms with Crippen molar-refractivity contribution in [3.63, 3.8) is 0 Å². The zero-order valence-corrected chi connectivity index (χ0v) is 11.0. The van der Waals surface area contributed by atoms with Gasteiger partial charge in [-0.05, 0) is 60.7 Å². The molecule has 20 heavy (non-hydrogen) atoms. The topological polar surface area (TPSA) is 20.2 Å². The van der Waals surface area contributed by atoms with E-state index in [1.807, 2.05) is 6.92 Å². The largest absolute Gasteiger partial charge is 0.392 e. The summed E-state index contributed by atoms with van der Waals surface area (Å²) in [4.78, 5) is 0. The second kappa shape index (κ2) is 6.09. The van der Waals surface area contributed by atoms with Crippen molar-refractivity contribution in [2.75, 3.05) is 0 Å². The van der Waals surface area contributed by atoms with Crippen LogP contribution in [0, 0.1) is 24.4 Å². The molecular formula is C16H15F3O. The summed E-state index contributed by atoms with van der Waals surface area (Å²) < 4.78 is 39.0. The van der Waals surface area contributed by atoms with E-state index in [2.05, 4.69) is 0 Å². The van der Waals surface area contributed by atoms with Gasteiger partial charge in [-0.3, -0.25) is 0 Å². The number of halogens is 3. The third-order valence-corrected chi connectivity index (χ3v) is 3.22. The summed E-state index contributed by atoms with van der Waals surface area (Å²) in [6, 6.07) is 7.92. The van der Waals surface area contributed by atoms with E-state index in [1.165, 1.54) is 18.2 Å². The van der Waals surface area contributed by atoms with Gasteiger partial charge in [-0.15, -0.1) is 0 Å². The molecule has 106 valence electrons. The maximum Gasteiger partial charge on any atom is 0.159 e. The second-order valence-electron chi connectivity index (χ2n) is 4.88. The van der Waals surface area contributed by atoms with Crippen LogP contribution in [0.25, 0.3) is 0 Å². The van der Waals surface area contributed by atoms with Crippen molar-refractivity contribution in [3.05, 3.63) is 70.5 Å². The lowest BCUT2D eigenvalue weighted by Gasteiger charge is -2.13. The molecule has 0 bridgehead atoms. The summed E-state index contributed by atoms with van der Waals surface area (Å²) in [6.45, 7) is 1.83. The molecule has 0 fully saturated rings. The molecule has 0 aromatic heterocycles. The number of benzene rings is 2. The Morgan fingerprint density at radius 2 is 1.70 bits per heavy atom. The van der Waals surface area contributed by atoms with E-state index >= 15 is 0 Å². The highest BCUT2D eigenvalue weighted by Crippen LogP contribution is 2.16. The first-order valence-electron chi connectivity index (χ1n) is 6.32. The molecule has 0 aliphatic carbocycles. The van der Waals surface area contributed by atoms with Gasteiger partial charge in [0.25, 0.3) is 0 Å². The Morgan fingerprint density at radius 3 is 2.40 bits per heavy atom. The van der Waals surface area contributed by atoms with Crippen LogP contribution in [0.5, 0.6) is 0 Å². The van der Waals surface area contributed by atoms with Crippen LogP contribution in [0.1, 0.15) is 16.7 Å². The maximum absolute atomic E-state index is 13.1. The van der Waals surface area contributed by atoms with E-state index < -0.39 is 17.7 Å². The molecule has 2 aromatic carbocycles. The standard InChI is InChI=1S/C16H15F3O/c1-10-2-4-13(17)8-12(10)9-14(20)6-11-3-5-15(18)16(19)7-11/h2-5,7-8,14,20H,6,9H2,1H3. The van der Waals surface area contributed by atoms with Crippen molar-refractivity contribution < 1.29 is 18.3 Å². The predicted octanol–water partition coefficient (Wildman–Crippen LogP) is 3.56. The summed E-state index contributed by atoms with van der Waals surface area (Å²) in [6.07, 6.45) is -0.323. The van der Waals surface area contributed by atoms with Crippen molar-refractivity contribution in [2.45, 2.75) is 25.9 Å². The molecular weight excluding hydrogens is 265 g/mol. The third-order valence-electron chi connectivity index (χ3n) is 3.22. The first-order chi connectivity index (χ1) is 9.45. The predicted molar refractivity (Wildman–Crippen MR) is 70.9 cm³/mol. The lowest BCUT2D eigenvalue weighted by Crippen LogP contribution is -2.15.